The van der Waals surface area contributed by atoms with Gasteiger partial charge in [-0.1, -0.05) is 108 Å². The summed E-state index contributed by atoms with van der Waals surface area (Å²) in [4.78, 5) is 2.33. The quantitative estimate of drug-likeness (QED) is 0.615. The van der Waals surface area contributed by atoms with Crippen LogP contribution in [-0.4, -0.2) is 33.6 Å². The molecule has 0 spiro atoms. The van der Waals surface area contributed by atoms with E-state index in [-0.39, 0.29) is 0 Å². The lowest BCUT2D eigenvalue weighted by atomic mass is 10.1. The zero-order valence-corrected chi connectivity index (χ0v) is 16.4. The lowest BCUT2D eigenvalue weighted by Gasteiger charge is -2.39. The Balaban J connectivity index is 2.21. The fourth-order valence-electron chi connectivity index (χ4n) is 3.81. The molecule has 0 aliphatic carbocycles. The first-order valence-corrected chi connectivity index (χ1v) is 11.5. The molecular weight excluding hydrogens is 318 g/mol. The minimum absolute atomic E-state index is 0.494. The van der Waals surface area contributed by atoms with E-state index in [9.17, 15) is 0 Å². The van der Waals surface area contributed by atoms with E-state index in [0.29, 0.717) is 5.54 Å². The van der Waals surface area contributed by atoms with Crippen LogP contribution in [0.25, 0.3) is 0 Å². The Morgan fingerprint density at radius 2 is 1.08 bits per heavy atom. The first-order chi connectivity index (χ1) is 12.1. The lowest BCUT2D eigenvalue weighted by molar-refractivity contribution is 0.404. The molecule has 1 nitrogen and oxygen atoms in total. The second-order valence-electron chi connectivity index (χ2n) is 7.16. The van der Waals surface area contributed by atoms with Gasteiger partial charge in [0, 0.05) is 12.1 Å². The van der Waals surface area contributed by atoms with Crippen LogP contribution >= 0.6 is 0 Å². The van der Waals surface area contributed by atoms with Gasteiger partial charge in [-0.2, -0.15) is 0 Å². The Labute approximate surface area is 153 Å². The summed E-state index contributed by atoms with van der Waals surface area (Å²) < 4.78 is 0. The highest BCUT2D eigenvalue weighted by Gasteiger charge is 2.41. The minimum atomic E-state index is -1.98. The monoisotopic (exact) mass is 345 g/mol. The van der Waals surface area contributed by atoms with E-state index in [2.05, 4.69) is 117 Å². The molecule has 0 saturated heterocycles. The largest absolute Gasteiger partial charge is 0.309 e. The molecule has 3 aromatic rings. The molecule has 0 saturated carbocycles. The van der Waals surface area contributed by atoms with Crippen molar-refractivity contribution in [2.24, 2.45) is 0 Å². The molecular formula is C23H27NSi. The van der Waals surface area contributed by atoms with Crippen molar-refractivity contribution in [2.45, 2.75) is 12.1 Å². The third-order valence-electron chi connectivity index (χ3n) is 5.19. The molecule has 2 heteroatoms. The minimum Gasteiger partial charge on any atom is -0.309 e. The second-order valence-corrected chi connectivity index (χ2v) is 11.4. The number of rotatable bonds is 6. The first kappa shape index (κ1) is 17.7. The third kappa shape index (κ3) is 3.76. The van der Waals surface area contributed by atoms with Crippen LogP contribution in [-0.2, 0) is 0 Å². The topological polar surface area (TPSA) is 3.24 Å². The van der Waals surface area contributed by atoms with Gasteiger partial charge in [-0.25, -0.2) is 0 Å². The van der Waals surface area contributed by atoms with Crippen LogP contribution in [0.4, 0.5) is 0 Å². The highest BCUT2D eigenvalue weighted by molar-refractivity contribution is 7.02. The number of likely N-dealkylation sites (N-methyl/N-ethyl adjacent to an activating group) is 1. The first-order valence-electron chi connectivity index (χ1n) is 8.93. The van der Waals surface area contributed by atoms with Crippen molar-refractivity contribution in [3.8, 4) is 0 Å². The molecule has 0 amide bonds. The van der Waals surface area contributed by atoms with Crippen LogP contribution in [0.2, 0.25) is 6.55 Å². The summed E-state index contributed by atoms with van der Waals surface area (Å²) in [5.74, 6) is 0. The fourth-order valence-corrected chi connectivity index (χ4v) is 8.31. The molecule has 0 heterocycles. The van der Waals surface area contributed by atoms with Crippen molar-refractivity contribution < 1.29 is 0 Å². The Morgan fingerprint density at radius 1 is 0.680 bits per heavy atom. The van der Waals surface area contributed by atoms with Gasteiger partial charge in [-0.05, 0) is 19.7 Å². The van der Waals surface area contributed by atoms with E-state index in [1.807, 2.05) is 0 Å². The lowest BCUT2D eigenvalue weighted by Crippen LogP contribution is -2.62. The van der Waals surface area contributed by atoms with Crippen LogP contribution < -0.4 is 10.4 Å². The summed E-state index contributed by atoms with van der Waals surface area (Å²) in [7, 11) is 2.39. The predicted octanol–water partition coefficient (Wildman–Crippen LogP) is 3.76. The summed E-state index contributed by atoms with van der Waals surface area (Å²) in [5, 5.41) is 2.99. The van der Waals surface area contributed by atoms with Crippen LogP contribution in [0.5, 0.6) is 0 Å². The maximum absolute atomic E-state index is 2.53. The van der Waals surface area contributed by atoms with Crippen molar-refractivity contribution >= 4 is 18.4 Å². The van der Waals surface area contributed by atoms with Gasteiger partial charge in [-0.15, -0.1) is 0 Å². The Bertz CT molecular complexity index is 729. The molecule has 0 N–H and O–H groups in total. The molecule has 1 atom stereocenters. The van der Waals surface area contributed by atoms with E-state index in [4.69, 9.17) is 0 Å². The summed E-state index contributed by atoms with van der Waals surface area (Å²) in [5.41, 5.74) is 1.94. The molecule has 0 radical (unpaired) electrons. The van der Waals surface area contributed by atoms with Gasteiger partial charge in [0.2, 0.25) is 0 Å². The molecule has 0 aliphatic rings. The van der Waals surface area contributed by atoms with Gasteiger partial charge in [0.1, 0.15) is 8.07 Å². The standard InChI is InChI=1S/C23H27NSi/c1-24(2)19-23(20-13-7-4-8-14-20)25(3,21-15-9-5-10-16-21)22-17-11-6-12-18-22/h4-18,23H,19H2,1-3H3. The highest BCUT2D eigenvalue weighted by Crippen LogP contribution is 2.28. The van der Waals surface area contributed by atoms with Gasteiger partial charge in [-0.3, -0.25) is 0 Å². The van der Waals surface area contributed by atoms with E-state index < -0.39 is 8.07 Å². The molecule has 0 bridgehead atoms. The van der Waals surface area contributed by atoms with Crippen LogP contribution in [0.1, 0.15) is 11.1 Å². The van der Waals surface area contributed by atoms with E-state index in [0.717, 1.165) is 6.54 Å². The van der Waals surface area contributed by atoms with Crippen molar-refractivity contribution in [3.63, 3.8) is 0 Å². The van der Waals surface area contributed by atoms with Crippen molar-refractivity contribution in [3.05, 3.63) is 96.6 Å². The van der Waals surface area contributed by atoms with Crippen molar-refractivity contribution in [1.82, 2.24) is 4.90 Å². The molecule has 0 fully saturated rings. The van der Waals surface area contributed by atoms with E-state index in [1.54, 1.807) is 0 Å². The third-order valence-corrected chi connectivity index (χ3v) is 10.2. The normalized spacial score (nSPS) is 13.0. The summed E-state index contributed by atoms with van der Waals surface area (Å²) in [6, 6.07) is 33.3. The van der Waals surface area contributed by atoms with Crippen LogP contribution in [0.15, 0.2) is 91.0 Å². The van der Waals surface area contributed by atoms with Gasteiger partial charge in [0.25, 0.3) is 0 Å². The average molecular weight is 346 g/mol. The van der Waals surface area contributed by atoms with Crippen LogP contribution in [0.3, 0.4) is 0 Å². The fraction of sp³-hybridized carbons (Fsp3) is 0.217. The number of benzene rings is 3. The number of nitrogens with zero attached hydrogens (tertiary/aromatic N) is 1. The van der Waals surface area contributed by atoms with E-state index in [1.165, 1.54) is 15.9 Å². The molecule has 3 aromatic carbocycles. The van der Waals surface area contributed by atoms with E-state index >= 15 is 0 Å². The maximum Gasteiger partial charge on any atom is 0.123 e. The predicted molar refractivity (Wildman–Crippen MR) is 112 cm³/mol. The molecule has 1 unspecified atom stereocenters. The second kappa shape index (κ2) is 7.81. The van der Waals surface area contributed by atoms with Crippen LogP contribution in [0, 0.1) is 0 Å². The molecule has 0 aliphatic heterocycles. The van der Waals surface area contributed by atoms with Gasteiger partial charge in [0.05, 0.1) is 0 Å². The van der Waals surface area contributed by atoms with Crippen molar-refractivity contribution in [1.29, 1.82) is 0 Å². The Kier molecular flexibility index (Phi) is 5.52. The Hall–Kier alpha value is -2.16. The summed E-state index contributed by atoms with van der Waals surface area (Å²) in [6.45, 7) is 3.58. The number of hydrogen-bond acceptors (Lipinski definition) is 1. The maximum atomic E-state index is 2.53. The zero-order chi connectivity index (χ0) is 17.7. The summed E-state index contributed by atoms with van der Waals surface area (Å²) >= 11 is 0. The average Bonchev–Trinajstić information content (AvgIpc) is 2.67. The summed E-state index contributed by atoms with van der Waals surface area (Å²) in [6.07, 6.45) is 0. The van der Waals surface area contributed by atoms with Gasteiger partial charge < -0.3 is 4.90 Å². The highest BCUT2D eigenvalue weighted by atomic mass is 28.3. The zero-order valence-electron chi connectivity index (χ0n) is 15.4. The number of hydrogen-bond donors (Lipinski definition) is 0. The van der Waals surface area contributed by atoms with Crippen molar-refractivity contribution in [2.75, 3.05) is 20.6 Å². The molecule has 3 rings (SSSR count). The smallest absolute Gasteiger partial charge is 0.123 e. The SMILES string of the molecule is CN(C)CC(c1ccccc1)[Si](C)(c1ccccc1)c1ccccc1. The Morgan fingerprint density at radius 3 is 1.48 bits per heavy atom. The molecule has 0 aromatic heterocycles. The van der Waals surface area contributed by atoms with Gasteiger partial charge >= 0.3 is 0 Å². The molecule has 25 heavy (non-hydrogen) atoms. The van der Waals surface area contributed by atoms with Gasteiger partial charge in [0.15, 0.2) is 0 Å². The molecule has 128 valence electrons.